The first-order valence-electron chi connectivity index (χ1n) is 7.82. The fraction of sp³-hybridized carbons (Fsp3) is 0.438. The highest BCUT2D eigenvalue weighted by Crippen LogP contribution is 2.28. The van der Waals surface area contributed by atoms with Crippen molar-refractivity contribution in [3.05, 3.63) is 39.5 Å². The van der Waals surface area contributed by atoms with Gasteiger partial charge in [0.25, 0.3) is 0 Å². The van der Waals surface area contributed by atoms with Crippen LogP contribution in [-0.2, 0) is 13.1 Å². The maximum absolute atomic E-state index is 6.23. The van der Waals surface area contributed by atoms with Gasteiger partial charge in [0, 0.05) is 23.1 Å². The van der Waals surface area contributed by atoms with Gasteiger partial charge in [0.15, 0.2) is 5.82 Å². The Balaban J connectivity index is 1.68. The Kier molecular flexibility index (Phi) is 6.16. The van der Waals surface area contributed by atoms with Gasteiger partial charge < -0.3 is 10.6 Å². The van der Waals surface area contributed by atoms with E-state index in [4.69, 9.17) is 23.2 Å². The third kappa shape index (κ3) is 4.96. The van der Waals surface area contributed by atoms with Crippen LogP contribution in [0.4, 0.5) is 5.82 Å². The minimum absolute atomic E-state index is 0.554. The molecule has 128 valence electrons. The average Bonchev–Trinajstić information content (AvgIpc) is 3.39. The van der Waals surface area contributed by atoms with Gasteiger partial charge >= 0.3 is 0 Å². The second-order valence-electron chi connectivity index (χ2n) is 5.76. The van der Waals surface area contributed by atoms with Gasteiger partial charge in [0.1, 0.15) is 5.69 Å². The molecule has 1 heterocycles. The van der Waals surface area contributed by atoms with E-state index in [1.165, 1.54) is 24.6 Å². The second-order valence-corrected chi connectivity index (χ2v) is 7.37. The van der Waals surface area contributed by atoms with Crippen molar-refractivity contribution in [2.24, 2.45) is 5.92 Å². The molecule has 0 atom stereocenters. The van der Waals surface area contributed by atoms with Gasteiger partial charge in [-0.2, -0.15) is 0 Å². The first-order chi connectivity index (χ1) is 11.7. The third-order valence-electron chi connectivity index (χ3n) is 3.80. The van der Waals surface area contributed by atoms with E-state index in [0.29, 0.717) is 28.3 Å². The summed E-state index contributed by atoms with van der Waals surface area (Å²) < 4.78 is 0. The molecule has 0 spiro atoms. The summed E-state index contributed by atoms with van der Waals surface area (Å²) in [4.78, 5) is 4.54. The summed E-state index contributed by atoms with van der Waals surface area (Å²) in [5.41, 5.74) is 1.78. The molecule has 3 rings (SSSR count). The Morgan fingerprint density at radius 2 is 2.04 bits per heavy atom. The van der Waals surface area contributed by atoms with Crippen LogP contribution in [0.15, 0.2) is 23.4 Å². The first kappa shape index (κ1) is 17.7. The Hall–Kier alpha value is -1.08. The van der Waals surface area contributed by atoms with Crippen LogP contribution in [0.1, 0.15) is 24.1 Å². The molecule has 1 aliphatic carbocycles. The maximum atomic E-state index is 6.23. The van der Waals surface area contributed by atoms with Gasteiger partial charge in [-0.1, -0.05) is 41.0 Å². The minimum atomic E-state index is 0.554. The van der Waals surface area contributed by atoms with Crippen LogP contribution >= 0.6 is 35.0 Å². The number of nitrogens with one attached hydrogen (secondary N) is 2. The van der Waals surface area contributed by atoms with Crippen LogP contribution in [0, 0.1) is 5.92 Å². The molecule has 0 saturated heterocycles. The molecule has 2 aromatic rings. The van der Waals surface area contributed by atoms with Crippen molar-refractivity contribution in [2.75, 3.05) is 18.1 Å². The lowest BCUT2D eigenvalue weighted by Crippen LogP contribution is -2.19. The van der Waals surface area contributed by atoms with Crippen molar-refractivity contribution >= 4 is 40.8 Å². The minimum Gasteiger partial charge on any atom is -0.364 e. The van der Waals surface area contributed by atoms with Gasteiger partial charge in [-0.15, -0.1) is 10.2 Å². The van der Waals surface area contributed by atoms with E-state index >= 15 is 0 Å². The monoisotopic (exact) mass is 383 g/mol. The molecular formula is C16H19Cl2N5S. The van der Waals surface area contributed by atoms with Crippen molar-refractivity contribution in [3.63, 3.8) is 0 Å². The predicted molar refractivity (Wildman–Crippen MR) is 99.8 cm³/mol. The Bertz CT molecular complexity index is 709. The first-order valence-corrected chi connectivity index (χ1v) is 9.80. The van der Waals surface area contributed by atoms with Gasteiger partial charge in [-0.25, -0.2) is 4.98 Å². The predicted octanol–water partition coefficient (Wildman–Crippen LogP) is 4.01. The number of hydrogen-bond donors (Lipinski definition) is 2. The number of anilines is 1. The number of hydrogen-bond acceptors (Lipinski definition) is 6. The van der Waals surface area contributed by atoms with Crippen LogP contribution in [0.3, 0.4) is 0 Å². The standard InChI is InChI=1S/C16H19Cl2N5S/c1-24-16-21-15(14(22-23-16)9-19-7-10-2-3-10)20-8-11-4-5-12(17)6-13(11)18/h4-6,10,19H,2-3,7-9H2,1H3,(H,20,21,23). The highest BCUT2D eigenvalue weighted by molar-refractivity contribution is 7.98. The van der Waals surface area contributed by atoms with Crippen LogP contribution in [-0.4, -0.2) is 28.0 Å². The summed E-state index contributed by atoms with van der Waals surface area (Å²) in [6, 6.07) is 5.48. The summed E-state index contributed by atoms with van der Waals surface area (Å²) in [6.07, 6.45) is 4.58. The van der Waals surface area contributed by atoms with Crippen molar-refractivity contribution in [1.82, 2.24) is 20.5 Å². The van der Waals surface area contributed by atoms with Gasteiger partial charge in [0.05, 0.1) is 0 Å². The number of rotatable bonds is 8. The lowest BCUT2D eigenvalue weighted by atomic mass is 10.2. The molecular weight excluding hydrogens is 365 g/mol. The SMILES string of the molecule is CSc1nnc(CNCC2CC2)c(NCc2ccc(Cl)cc2Cl)n1. The molecule has 1 saturated carbocycles. The van der Waals surface area contributed by atoms with E-state index in [9.17, 15) is 0 Å². The number of halogens is 2. The Labute approximate surface area is 155 Å². The van der Waals surface area contributed by atoms with Gasteiger partial charge in [-0.3, -0.25) is 0 Å². The zero-order valence-corrected chi connectivity index (χ0v) is 15.7. The fourth-order valence-electron chi connectivity index (χ4n) is 2.24. The molecule has 8 heteroatoms. The van der Waals surface area contributed by atoms with E-state index in [-0.39, 0.29) is 0 Å². The molecule has 1 aliphatic rings. The zero-order chi connectivity index (χ0) is 16.9. The molecule has 0 bridgehead atoms. The molecule has 1 aromatic carbocycles. The normalized spacial score (nSPS) is 14.0. The maximum Gasteiger partial charge on any atom is 0.210 e. The van der Waals surface area contributed by atoms with E-state index in [1.807, 2.05) is 18.4 Å². The van der Waals surface area contributed by atoms with Crippen LogP contribution in [0.5, 0.6) is 0 Å². The molecule has 0 unspecified atom stereocenters. The largest absolute Gasteiger partial charge is 0.364 e. The van der Waals surface area contributed by atoms with Gasteiger partial charge in [0.2, 0.25) is 5.16 Å². The van der Waals surface area contributed by atoms with Gasteiger partial charge in [-0.05, 0) is 49.3 Å². The number of thioether (sulfide) groups is 1. The van der Waals surface area contributed by atoms with E-state index in [2.05, 4.69) is 25.8 Å². The van der Waals surface area contributed by atoms with E-state index in [0.717, 1.165) is 29.5 Å². The highest BCUT2D eigenvalue weighted by Gasteiger charge is 2.20. The number of aromatic nitrogens is 3. The molecule has 1 fully saturated rings. The molecule has 24 heavy (non-hydrogen) atoms. The lowest BCUT2D eigenvalue weighted by molar-refractivity contribution is 0.617. The van der Waals surface area contributed by atoms with Crippen LogP contribution < -0.4 is 10.6 Å². The third-order valence-corrected chi connectivity index (χ3v) is 4.93. The van der Waals surface area contributed by atoms with Crippen molar-refractivity contribution in [3.8, 4) is 0 Å². The van der Waals surface area contributed by atoms with Crippen molar-refractivity contribution in [1.29, 1.82) is 0 Å². The Morgan fingerprint density at radius 1 is 1.21 bits per heavy atom. The van der Waals surface area contributed by atoms with E-state index in [1.54, 1.807) is 6.07 Å². The summed E-state index contributed by atoms with van der Waals surface area (Å²) in [7, 11) is 0. The smallest absolute Gasteiger partial charge is 0.210 e. The molecule has 2 N–H and O–H groups in total. The van der Waals surface area contributed by atoms with Crippen LogP contribution in [0.25, 0.3) is 0 Å². The highest BCUT2D eigenvalue weighted by atomic mass is 35.5. The van der Waals surface area contributed by atoms with Crippen LogP contribution in [0.2, 0.25) is 10.0 Å². The summed E-state index contributed by atoms with van der Waals surface area (Å²) in [6.45, 7) is 2.23. The topological polar surface area (TPSA) is 62.7 Å². The molecule has 0 amide bonds. The summed E-state index contributed by atoms with van der Waals surface area (Å²) in [5, 5.41) is 17.1. The second kappa shape index (κ2) is 8.34. The zero-order valence-electron chi connectivity index (χ0n) is 13.4. The number of nitrogens with zero attached hydrogens (tertiary/aromatic N) is 3. The van der Waals surface area contributed by atoms with E-state index < -0.39 is 0 Å². The number of benzene rings is 1. The molecule has 1 aromatic heterocycles. The summed E-state index contributed by atoms with van der Waals surface area (Å²) in [5.74, 6) is 1.56. The molecule has 0 aliphatic heterocycles. The fourth-order valence-corrected chi connectivity index (χ4v) is 3.02. The molecule has 0 radical (unpaired) electrons. The molecule has 5 nitrogen and oxygen atoms in total. The lowest BCUT2D eigenvalue weighted by Gasteiger charge is -2.12. The summed E-state index contributed by atoms with van der Waals surface area (Å²) >= 11 is 13.6. The average molecular weight is 384 g/mol. The Morgan fingerprint density at radius 3 is 2.75 bits per heavy atom. The van der Waals surface area contributed by atoms with Crippen molar-refractivity contribution in [2.45, 2.75) is 31.1 Å². The van der Waals surface area contributed by atoms with Crippen molar-refractivity contribution < 1.29 is 0 Å². The quantitative estimate of drug-likeness (QED) is 0.671.